The van der Waals surface area contributed by atoms with Crippen molar-refractivity contribution in [3.63, 3.8) is 0 Å². The molecule has 0 aliphatic carbocycles. The van der Waals surface area contributed by atoms with Gasteiger partial charge in [-0.3, -0.25) is 4.79 Å². The lowest BCUT2D eigenvalue weighted by Gasteiger charge is -2.04. The molecule has 17 heavy (non-hydrogen) atoms. The van der Waals surface area contributed by atoms with E-state index in [0.717, 1.165) is 17.0 Å². The zero-order chi connectivity index (χ0) is 12.3. The number of rotatable bonds is 3. The molecular weight excluding hydrogens is 218 g/mol. The van der Waals surface area contributed by atoms with Crippen molar-refractivity contribution in [1.29, 1.82) is 0 Å². The molecule has 0 atom stereocenters. The summed E-state index contributed by atoms with van der Waals surface area (Å²) in [6, 6.07) is 9.24. The molecule has 3 N–H and O–H groups in total. The van der Waals surface area contributed by atoms with Gasteiger partial charge >= 0.3 is 0 Å². The van der Waals surface area contributed by atoms with Crippen molar-refractivity contribution in [2.24, 2.45) is 0 Å². The highest BCUT2D eigenvalue weighted by Gasteiger charge is 2.02. The van der Waals surface area contributed by atoms with E-state index in [2.05, 4.69) is 10.2 Å². The lowest BCUT2D eigenvalue weighted by molar-refractivity contribution is 0.414. The summed E-state index contributed by atoms with van der Waals surface area (Å²) in [5.74, 6) is 0.792. The molecule has 0 bridgehead atoms. The van der Waals surface area contributed by atoms with E-state index in [4.69, 9.17) is 10.5 Å². The van der Waals surface area contributed by atoms with E-state index in [1.807, 2.05) is 24.3 Å². The molecule has 0 saturated carbocycles. The van der Waals surface area contributed by atoms with Crippen LogP contribution < -0.4 is 16.0 Å². The monoisotopic (exact) mass is 231 g/mol. The molecule has 2 rings (SSSR count). The zero-order valence-corrected chi connectivity index (χ0v) is 9.43. The van der Waals surface area contributed by atoms with Gasteiger partial charge in [0.2, 0.25) is 0 Å². The molecule has 1 aromatic heterocycles. The van der Waals surface area contributed by atoms with Crippen LogP contribution >= 0.6 is 0 Å². The third kappa shape index (κ3) is 2.63. The number of methoxy groups -OCH3 is 1. The van der Waals surface area contributed by atoms with E-state index < -0.39 is 0 Å². The molecule has 0 unspecified atom stereocenters. The third-order valence-electron chi connectivity index (χ3n) is 2.40. The minimum atomic E-state index is -0.362. The first-order valence-corrected chi connectivity index (χ1v) is 5.16. The lowest BCUT2D eigenvalue weighted by Crippen LogP contribution is -2.14. The van der Waals surface area contributed by atoms with Crippen molar-refractivity contribution >= 4 is 5.69 Å². The van der Waals surface area contributed by atoms with E-state index >= 15 is 0 Å². The second-order valence-electron chi connectivity index (χ2n) is 3.67. The van der Waals surface area contributed by atoms with Gasteiger partial charge in [-0.05, 0) is 23.8 Å². The molecule has 88 valence electrons. The summed E-state index contributed by atoms with van der Waals surface area (Å²) in [6.45, 7) is 0. The summed E-state index contributed by atoms with van der Waals surface area (Å²) in [6.07, 6.45) is 0.595. The van der Waals surface area contributed by atoms with Crippen LogP contribution in [0.4, 0.5) is 5.69 Å². The Hall–Kier alpha value is -2.30. The third-order valence-corrected chi connectivity index (χ3v) is 2.40. The predicted molar refractivity (Wildman–Crippen MR) is 65.1 cm³/mol. The van der Waals surface area contributed by atoms with Gasteiger partial charge in [0.15, 0.2) is 0 Å². The topological polar surface area (TPSA) is 81.0 Å². The number of nitrogen functional groups attached to an aromatic ring is 1. The molecular formula is C12H13N3O2. The Balaban J connectivity index is 2.25. The Kier molecular flexibility index (Phi) is 3.09. The second kappa shape index (κ2) is 4.69. The van der Waals surface area contributed by atoms with Gasteiger partial charge in [-0.25, -0.2) is 5.10 Å². The minimum absolute atomic E-state index is 0.179. The van der Waals surface area contributed by atoms with Gasteiger partial charge < -0.3 is 10.5 Å². The first-order chi connectivity index (χ1) is 8.19. The summed E-state index contributed by atoms with van der Waals surface area (Å²) in [4.78, 5) is 11.1. The van der Waals surface area contributed by atoms with E-state index in [1.165, 1.54) is 0 Å². The van der Waals surface area contributed by atoms with E-state index in [9.17, 15) is 4.79 Å². The van der Waals surface area contributed by atoms with Crippen LogP contribution in [0.15, 0.2) is 35.1 Å². The summed E-state index contributed by atoms with van der Waals surface area (Å²) in [5.41, 5.74) is 7.10. The van der Waals surface area contributed by atoms with Crippen LogP contribution in [0.5, 0.6) is 5.75 Å². The average molecular weight is 231 g/mol. The standard InChI is InChI=1S/C12H13N3O2/c1-17-10-4-2-3-8(6-10)5-9-7-11(13)12(16)15-14-9/h2-4,6-7H,5H2,1H3,(H2,13,14)(H,15,16). The molecule has 1 aromatic carbocycles. The fraction of sp³-hybridized carbons (Fsp3) is 0.167. The number of ether oxygens (including phenoxy) is 1. The maximum absolute atomic E-state index is 11.1. The Morgan fingerprint density at radius 1 is 1.41 bits per heavy atom. The molecule has 0 amide bonds. The minimum Gasteiger partial charge on any atom is -0.497 e. The van der Waals surface area contributed by atoms with E-state index in [-0.39, 0.29) is 11.2 Å². The largest absolute Gasteiger partial charge is 0.497 e. The first kappa shape index (κ1) is 11.2. The first-order valence-electron chi connectivity index (χ1n) is 5.16. The Morgan fingerprint density at radius 2 is 2.24 bits per heavy atom. The Morgan fingerprint density at radius 3 is 2.94 bits per heavy atom. The number of anilines is 1. The van der Waals surface area contributed by atoms with Crippen molar-refractivity contribution in [2.45, 2.75) is 6.42 Å². The number of hydrogen-bond donors (Lipinski definition) is 2. The maximum atomic E-state index is 11.1. The number of benzene rings is 1. The number of aromatic amines is 1. The van der Waals surface area contributed by atoms with Crippen LogP contribution in [0.25, 0.3) is 0 Å². The van der Waals surface area contributed by atoms with Crippen molar-refractivity contribution in [3.05, 3.63) is 51.9 Å². The molecule has 1 heterocycles. The number of nitrogens with two attached hydrogens (primary N) is 1. The second-order valence-corrected chi connectivity index (χ2v) is 3.67. The van der Waals surface area contributed by atoms with Gasteiger partial charge in [0.25, 0.3) is 5.56 Å². The van der Waals surface area contributed by atoms with Crippen LogP contribution in [0, 0.1) is 0 Å². The van der Waals surface area contributed by atoms with Gasteiger partial charge in [0.05, 0.1) is 12.8 Å². The highest BCUT2D eigenvalue weighted by atomic mass is 16.5. The van der Waals surface area contributed by atoms with Crippen molar-refractivity contribution < 1.29 is 4.74 Å². The van der Waals surface area contributed by atoms with E-state index in [0.29, 0.717) is 6.42 Å². The van der Waals surface area contributed by atoms with Crippen LogP contribution in [0.3, 0.4) is 0 Å². The molecule has 0 aliphatic heterocycles. The van der Waals surface area contributed by atoms with Crippen LogP contribution in [0.1, 0.15) is 11.3 Å². The number of hydrogen-bond acceptors (Lipinski definition) is 4. The zero-order valence-electron chi connectivity index (χ0n) is 9.43. The van der Waals surface area contributed by atoms with Crippen molar-refractivity contribution in [3.8, 4) is 5.75 Å². The molecule has 0 saturated heterocycles. The molecule has 0 radical (unpaired) electrons. The van der Waals surface area contributed by atoms with Crippen molar-refractivity contribution in [1.82, 2.24) is 10.2 Å². The molecule has 5 nitrogen and oxygen atoms in total. The molecule has 2 aromatic rings. The predicted octanol–water partition coefficient (Wildman–Crippen LogP) is 0.951. The fourth-order valence-electron chi connectivity index (χ4n) is 1.55. The van der Waals surface area contributed by atoms with Crippen LogP contribution in [0.2, 0.25) is 0 Å². The normalized spacial score (nSPS) is 10.2. The smallest absolute Gasteiger partial charge is 0.287 e. The van der Waals surface area contributed by atoms with Crippen LogP contribution in [-0.4, -0.2) is 17.3 Å². The summed E-state index contributed by atoms with van der Waals surface area (Å²) in [7, 11) is 1.62. The fourth-order valence-corrected chi connectivity index (χ4v) is 1.55. The summed E-state index contributed by atoms with van der Waals surface area (Å²) < 4.78 is 5.13. The number of nitrogens with one attached hydrogen (secondary N) is 1. The number of aromatic nitrogens is 2. The van der Waals surface area contributed by atoms with E-state index in [1.54, 1.807) is 13.2 Å². The van der Waals surface area contributed by atoms with Gasteiger partial charge in [-0.1, -0.05) is 12.1 Å². The van der Waals surface area contributed by atoms with Crippen molar-refractivity contribution in [2.75, 3.05) is 12.8 Å². The molecule has 0 fully saturated rings. The molecule has 5 heteroatoms. The Bertz CT molecular complexity index is 578. The highest BCUT2D eigenvalue weighted by molar-refractivity contribution is 5.37. The lowest BCUT2D eigenvalue weighted by atomic mass is 10.1. The average Bonchev–Trinajstić information content (AvgIpc) is 2.34. The quantitative estimate of drug-likeness (QED) is 0.824. The summed E-state index contributed by atoms with van der Waals surface area (Å²) >= 11 is 0. The SMILES string of the molecule is COc1cccc(Cc2cc(N)c(=O)[nH]n2)c1. The van der Waals surface area contributed by atoms with Gasteiger partial charge in [-0.2, -0.15) is 5.10 Å². The van der Waals surface area contributed by atoms with Gasteiger partial charge in [0.1, 0.15) is 11.4 Å². The Labute approximate surface area is 98.2 Å². The van der Waals surface area contributed by atoms with Gasteiger partial charge in [0, 0.05) is 6.42 Å². The van der Waals surface area contributed by atoms with Crippen LogP contribution in [-0.2, 0) is 6.42 Å². The van der Waals surface area contributed by atoms with Gasteiger partial charge in [-0.15, -0.1) is 0 Å². The summed E-state index contributed by atoms with van der Waals surface area (Å²) in [5, 5.41) is 6.29. The maximum Gasteiger partial charge on any atom is 0.287 e. The number of H-pyrrole nitrogens is 1. The molecule has 0 spiro atoms. The number of nitrogens with zero attached hydrogens (tertiary/aromatic N) is 1. The molecule has 0 aliphatic rings. The highest BCUT2D eigenvalue weighted by Crippen LogP contribution is 2.15.